The third-order valence-corrected chi connectivity index (χ3v) is 9.16. The maximum Gasteiger partial charge on any atom is 0.175 e. The van der Waals surface area contributed by atoms with E-state index in [1.807, 2.05) is 0 Å². The van der Waals surface area contributed by atoms with Gasteiger partial charge in [0, 0.05) is 28.2 Å². The molecular formula is C43H54B2N2. The van der Waals surface area contributed by atoms with Crippen LogP contribution in [0, 0.1) is 55.4 Å². The van der Waals surface area contributed by atoms with Gasteiger partial charge in [-0.2, -0.15) is 0 Å². The van der Waals surface area contributed by atoms with Crippen LogP contribution in [-0.4, -0.2) is 52.5 Å². The van der Waals surface area contributed by atoms with Crippen LogP contribution in [0.1, 0.15) is 73.2 Å². The van der Waals surface area contributed by atoms with E-state index in [9.17, 15) is 0 Å². The van der Waals surface area contributed by atoms with Crippen molar-refractivity contribution in [3.05, 3.63) is 151 Å². The summed E-state index contributed by atoms with van der Waals surface area (Å²) in [5.74, 6) is 0. The van der Waals surface area contributed by atoms with Gasteiger partial charge in [0.05, 0.1) is 0 Å². The number of hydrogen-bond donors (Lipinski definition) is 0. The molecule has 0 N–H and O–H groups in total. The second-order valence-corrected chi connectivity index (χ2v) is 13.9. The Kier molecular flexibility index (Phi) is 12.1. The van der Waals surface area contributed by atoms with E-state index in [-0.39, 0.29) is 0 Å². The molecule has 0 spiro atoms. The lowest BCUT2D eigenvalue weighted by Gasteiger charge is -2.26. The molecule has 0 atom stereocenters. The zero-order valence-corrected chi connectivity index (χ0v) is 31.1. The molecule has 0 aliphatic heterocycles. The summed E-state index contributed by atoms with van der Waals surface area (Å²) in [7, 11) is 13.6. The molecule has 0 heterocycles. The monoisotopic (exact) mass is 620 g/mol. The lowest BCUT2D eigenvalue weighted by molar-refractivity contribution is 0.545. The minimum absolute atomic E-state index is 0.993. The van der Waals surface area contributed by atoms with E-state index in [2.05, 4.69) is 181 Å². The third kappa shape index (κ3) is 8.72. The Morgan fingerprint density at radius 1 is 0.426 bits per heavy atom. The number of benzene rings is 4. The van der Waals surface area contributed by atoms with Crippen LogP contribution >= 0.6 is 0 Å². The molecule has 2 nitrogen and oxygen atoms in total. The third-order valence-electron chi connectivity index (χ3n) is 9.16. The second kappa shape index (κ2) is 15.8. The molecular weight excluding hydrogens is 566 g/mol. The van der Waals surface area contributed by atoms with Gasteiger partial charge in [0.15, 0.2) is 14.6 Å². The topological polar surface area (TPSA) is 6.48 Å². The first-order valence-electron chi connectivity index (χ1n) is 17.1. The fourth-order valence-corrected chi connectivity index (χ4v) is 6.83. The lowest BCUT2D eigenvalue weighted by atomic mass is 9.60. The normalized spacial score (nSPS) is 10.8. The van der Waals surface area contributed by atoms with Crippen LogP contribution in [0.25, 0.3) is 11.1 Å². The molecule has 4 aromatic rings. The molecule has 0 unspecified atom stereocenters. The van der Waals surface area contributed by atoms with Crippen molar-refractivity contribution in [2.75, 3.05) is 28.2 Å². The zero-order chi connectivity index (χ0) is 34.4. The first kappa shape index (κ1) is 35.9. The molecule has 0 aliphatic carbocycles. The smallest absolute Gasteiger partial charge is 0.175 e. The van der Waals surface area contributed by atoms with E-state index in [1.165, 1.54) is 89.1 Å². The van der Waals surface area contributed by atoms with E-state index in [1.54, 1.807) is 0 Å². The van der Waals surface area contributed by atoms with E-state index in [0.29, 0.717) is 0 Å². The van der Waals surface area contributed by atoms with Crippen LogP contribution < -0.4 is 0 Å². The van der Waals surface area contributed by atoms with Crippen molar-refractivity contribution >= 4 is 25.7 Å². The van der Waals surface area contributed by atoms with Crippen molar-refractivity contribution in [2.24, 2.45) is 0 Å². The number of hydrogen-bond acceptors (Lipinski definition) is 2. The Bertz CT molecular complexity index is 1550. The Hall–Kier alpha value is -3.91. The minimum Gasteiger partial charge on any atom is -0.389 e. The summed E-state index contributed by atoms with van der Waals surface area (Å²) in [5, 5.41) is 0. The highest BCUT2D eigenvalue weighted by molar-refractivity contribution is 6.49. The Balaban J connectivity index is 1.68. The highest BCUT2D eigenvalue weighted by Crippen LogP contribution is 2.35. The second-order valence-electron chi connectivity index (χ2n) is 13.9. The molecule has 0 saturated heterocycles. The molecule has 4 rings (SSSR count). The van der Waals surface area contributed by atoms with Gasteiger partial charge in [-0.25, -0.2) is 0 Å². The standard InChI is InChI=1S/C43H54B2N2/c1-28-14-18-36(32(5)24-28)40(37-19-15-29(2)25-33(37)6)42(46(9)10)44-22-13-23-45-43(47(11)12)41(38-20-16-30(3)26-34(38)7)39-21-17-31(4)27-35(39)8/h14-21,24-27H,13,22-23H2,1-12H3. The van der Waals surface area contributed by atoms with Crippen LogP contribution in [0.15, 0.2) is 84.0 Å². The maximum absolute atomic E-state index is 2.45. The summed E-state index contributed by atoms with van der Waals surface area (Å²) >= 11 is 0. The van der Waals surface area contributed by atoms with Gasteiger partial charge < -0.3 is 9.80 Å². The van der Waals surface area contributed by atoms with Crippen molar-refractivity contribution in [3.8, 4) is 0 Å². The first-order chi connectivity index (χ1) is 22.3. The molecule has 242 valence electrons. The minimum atomic E-state index is 0.993. The molecule has 2 radical (unpaired) electrons. The fourth-order valence-electron chi connectivity index (χ4n) is 6.83. The van der Waals surface area contributed by atoms with Gasteiger partial charge in [-0.3, -0.25) is 0 Å². The fraction of sp³-hybridized carbons (Fsp3) is 0.349. The van der Waals surface area contributed by atoms with Crippen molar-refractivity contribution in [1.29, 1.82) is 0 Å². The molecule has 0 aromatic heterocycles. The molecule has 0 aliphatic rings. The highest BCUT2D eigenvalue weighted by Gasteiger charge is 2.20. The van der Waals surface area contributed by atoms with E-state index in [4.69, 9.17) is 0 Å². The van der Waals surface area contributed by atoms with Crippen LogP contribution in [0.4, 0.5) is 0 Å². The molecule has 4 aromatic carbocycles. The van der Waals surface area contributed by atoms with Crippen molar-refractivity contribution < 1.29 is 0 Å². The van der Waals surface area contributed by atoms with Crippen molar-refractivity contribution in [3.63, 3.8) is 0 Å². The summed E-state index contributed by atoms with van der Waals surface area (Å²) in [5.41, 5.74) is 20.8. The Morgan fingerprint density at radius 3 is 0.894 bits per heavy atom. The van der Waals surface area contributed by atoms with Crippen LogP contribution in [0.5, 0.6) is 0 Å². The van der Waals surface area contributed by atoms with Gasteiger partial charge >= 0.3 is 0 Å². The first-order valence-corrected chi connectivity index (χ1v) is 17.1. The number of nitrogens with zero attached hydrogens (tertiary/aromatic N) is 2. The summed E-state index contributed by atoms with van der Waals surface area (Å²) < 4.78 is 0. The van der Waals surface area contributed by atoms with Gasteiger partial charge in [0.1, 0.15) is 0 Å². The van der Waals surface area contributed by atoms with Gasteiger partial charge in [-0.05, 0) is 122 Å². The average molecular weight is 621 g/mol. The van der Waals surface area contributed by atoms with Gasteiger partial charge in [0.2, 0.25) is 0 Å². The molecule has 0 amide bonds. The van der Waals surface area contributed by atoms with E-state index in [0.717, 1.165) is 19.1 Å². The summed E-state index contributed by atoms with van der Waals surface area (Å²) in [6.07, 6.45) is 3.05. The summed E-state index contributed by atoms with van der Waals surface area (Å²) in [4.78, 5) is 4.59. The van der Waals surface area contributed by atoms with Crippen LogP contribution in [0.2, 0.25) is 12.6 Å². The Labute approximate surface area is 288 Å². The van der Waals surface area contributed by atoms with Crippen molar-refractivity contribution in [2.45, 2.75) is 74.5 Å². The summed E-state index contributed by atoms with van der Waals surface area (Å²) in [6.45, 7) is 17.7. The predicted octanol–water partition coefficient (Wildman–Crippen LogP) is 10.0. The molecule has 0 saturated carbocycles. The van der Waals surface area contributed by atoms with E-state index >= 15 is 0 Å². The maximum atomic E-state index is 2.45. The average Bonchev–Trinajstić information content (AvgIpc) is 2.98. The van der Waals surface area contributed by atoms with Gasteiger partial charge in [-0.1, -0.05) is 114 Å². The predicted molar refractivity (Wildman–Crippen MR) is 209 cm³/mol. The molecule has 4 heteroatoms. The number of aryl methyl sites for hydroxylation is 8. The summed E-state index contributed by atoms with van der Waals surface area (Å²) in [6, 6.07) is 27.4. The largest absolute Gasteiger partial charge is 0.389 e. The van der Waals surface area contributed by atoms with Gasteiger partial charge in [0.25, 0.3) is 0 Å². The number of rotatable bonds is 12. The zero-order valence-electron chi connectivity index (χ0n) is 31.1. The quantitative estimate of drug-likeness (QED) is 0.115. The van der Waals surface area contributed by atoms with Crippen LogP contribution in [0.3, 0.4) is 0 Å². The highest BCUT2D eigenvalue weighted by atomic mass is 15.1. The Morgan fingerprint density at radius 2 is 0.681 bits per heavy atom. The van der Waals surface area contributed by atoms with E-state index < -0.39 is 0 Å². The van der Waals surface area contributed by atoms with Crippen LogP contribution in [-0.2, 0) is 0 Å². The lowest BCUT2D eigenvalue weighted by Crippen LogP contribution is -2.21. The van der Waals surface area contributed by atoms with Gasteiger partial charge in [-0.15, -0.1) is 0 Å². The molecule has 0 fully saturated rings. The molecule has 47 heavy (non-hydrogen) atoms. The molecule has 0 bridgehead atoms. The van der Waals surface area contributed by atoms with Crippen molar-refractivity contribution in [1.82, 2.24) is 9.80 Å². The SMILES string of the molecule is Cc1ccc(C(=C([B]CCC[B]C(=C(c2ccc(C)cc2C)c2ccc(C)cc2C)N(C)C)N(C)C)c2ccc(C)cc2C)c(C)c1.